The molecule has 0 aliphatic carbocycles. The highest BCUT2D eigenvalue weighted by Gasteiger charge is 1.95. The molecule has 66 valence electrons. The number of allylic oxidation sites excluding steroid dienone is 1. The molecule has 0 aromatic heterocycles. The van der Waals surface area contributed by atoms with Gasteiger partial charge in [-0.25, -0.2) is 0 Å². The molecule has 1 aromatic carbocycles. The zero-order valence-electron chi connectivity index (χ0n) is 7.03. The highest BCUT2D eigenvalue weighted by molar-refractivity contribution is 9.09. The maximum atomic E-state index is 5.24. The maximum absolute atomic E-state index is 5.24. The predicted octanol–water partition coefficient (Wildman–Crippen LogP) is 3.78. The molecule has 1 aromatic rings. The first-order valence-corrected chi connectivity index (χ1v) is 5.76. The summed E-state index contributed by atoms with van der Waals surface area (Å²) < 4.78 is 0. The number of halogens is 1. The minimum Gasteiger partial charge on any atom is -0.108 e. The van der Waals surface area contributed by atoms with E-state index in [2.05, 4.69) is 39.4 Å². The Kier molecular flexibility index (Phi) is 4.74. The topological polar surface area (TPSA) is 0 Å². The molecule has 0 amide bonds. The largest absolute Gasteiger partial charge is 0.108 e. The number of rotatable bonds is 3. The second-order valence-corrected chi connectivity index (χ2v) is 3.84. The van der Waals surface area contributed by atoms with Gasteiger partial charge >= 0.3 is 0 Å². The fourth-order valence-corrected chi connectivity index (χ4v) is 1.66. The minimum atomic E-state index is 0.863. The Morgan fingerprint density at radius 2 is 2.23 bits per heavy atom. The molecule has 0 unspecified atom stereocenters. The summed E-state index contributed by atoms with van der Waals surface area (Å²) in [5.74, 6) is 0. The van der Waals surface area contributed by atoms with E-state index < -0.39 is 0 Å². The molecule has 13 heavy (non-hydrogen) atoms. The van der Waals surface area contributed by atoms with Gasteiger partial charge in [-0.1, -0.05) is 46.3 Å². The summed E-state index contributed by atoms with van der Waals surface area (Å²) in [6, 6.07) is 8.08. The first kappa shape index (κ1) is 10.4. The number of hydrogen-bond acceptors (Lipinski definition) is 1. The van der Waals surface area contributed by atoms with Crippen molar-refractivity contribution in [2.75, 3.05) is 5.33 Å². The summed E-state index contributed by atoms with van der Waals surface area (Å²) in [5.41, 5.74) is 1.17. The molecule has 0 bridgehead atoms. The predicted molar refractivity (Wildman–Crippen MR) is 64.0 cm³/mol. The Bertz CT molecular complexity index is 336. The van der Waals surface area contributed by atoms with Gasteiger partial charge in [-0.05, 0) is 28.6 Å². The normalized spacial score (nSPS) is 10.2. The van der Waals surface area contributed by atoms with Crippen molar-refractivity contribution >= 4 is 33.8 Å². The van der Waals surface area contributed by atoms with Gasteiger partial charge in [0.15, 0.2) is 0 Å². The van der Waals surface area contributed by atoms with Crippen LogP contribution in [0, 0.1) is 11.7 Å². The van der Waals surface area contributed by atoms with Crippen LogP contribution >= 0.6 is 27.7 Å². The Labute approximate surface area is 91.6 Å². The third-order valence-electron chi connectivity index (χ3n) is 1.47. The molecular formula is C11H9BrS. The van der Waals surface area contributed by atoms with Crippen molar-refractivity contribution in [2.24, 2.45) is 0 Å². The lowest BCUT2D eigenvalue weighted by Gasteiger charge is -1.99. The zero-order valence-corrected chi connectivity index (χ0v) is 9.44. The van der Waals surface area contributed by atoms with E-state index >= 15 is 0 Å². The minimum absolute atomic E-state index is 0.863. The average molecular weight is 253 g/mol. The number of terminal acetylenes is 1. The fourth-order valence-electron chi connectivity index (χ4n) is 0.946. The molecule has 0 radical (unpaired) electrons. The molecule has 0 fully saturated rings. The molecule has 0 nitrogen and oxygen atoms in total. The monoisotopic (exact) mass is 252 g/mol. The summed E-state index contributed by atoms with van der Waals surface area (Å²) in [5, 5.41) is 3.44. The zero-order chi connectivity index (χ0) is 9.52. The van der Waals surface area contributed by atoms with Gasteiger partial charge in [-0.3, -0.25) is 0 Å². The number of alkyl halides is 1. The Hall–Kier alpha value is -0.650. The second kappa shape index (κ2) is 5.90. The smallest absolute Gasteiger partial charge is 0.0275 e. The van der Waals surface area contributed by atoms with Crippen molar-refractivity contribution in [3.8, 4) is 11.7 Å². The number of benzene rings is 1. The van der Waals surface area contributed by atoms with Crippen LogP contribution in [0.2, 0.25) is 0 Å². The summed E-state index contributed by atoms with van der Waals surface area (Å²) in [4.78, 5) is 1.13. The van der Waals surface area contributed by atoms with Gasteiger partial charge in [-0.15, -0.1) is 6.42 Å². The SMILES string of the molecule is C#CSc1ccccc1/C=C/CBr. The van der Waals surface area contributed by atoms with E-state index in [-0.39, 0.29) is 0 Å². The summed E-state index contributed by atoms with van der Waals surface area (Å²) >= 11 is 4.75. The van der Waals surface area contributed by atoms with Gasteiger partial charge in [0.05, 0.1) is 0 Å². The molecule has 0 atom stereocenters. The standard InChI is InChI=1S/C11H9BrS/c1-2-13-11-8-4-3-6-10(11)7-5-9-12/h1,3-8H,9H2/b7-5+. The van der Waals surface area contributed by atoms with Gasteiger partial charge in [-0.2, -0.15) is 0 Å². The van der Waals surface area contributed by atoms with Gasteiger partial charge in [0.1, 0.15) is 0 Å². The van der Waals surface area contributed by atoms with E-state index in [1.165, 1.54) is 17.3 Å². The van der Waals surface area contributed by atoms with Crippen molar-refractivity contribution in [1.82, 2.24) is 0 Å². The Morgan fingerprint density at radius 3 is 2.92 bits per heavy atom. The van der Waals surface area contributed by atoms with Crippen LogP contribution in [-0.4, -0.2) is 5.33 Å². The lowest BCUT2D eigenvalue weighted by molar-refractivity contribution is 1.43. The molecule has 0 N–H and O–H groups in total. The van der Waals surface area contributed by atoms with Crippen molar-refractivity contribution in [3.05, 3.63) is 35.9 Å². The first-order chi connectivity index (χ1) is 6.38. The van der Waals surface area contributed by atoms with Gasteiger partial charge in [0.25, 0.3) is 0 Å². The van der Waals surface area contributed by atoms with Crippen LogP contribution in [-0.2, 0) is 0 Å². The van der Waals surface area contributed by atoms with Crippen LogP contribution in [0.25, 0.3) is 6.08 Å². The summed E-state index contributed by atoms with van der Waals surface area (Å²) in [6.07, 6.45) is 9.35. The molecule has 1 rings (SSSR count). The third-order valence-corrected chi connectivity index (χ3v) is 2.56. The molecule has 0 spiro atoms. The Balaban J connectivity index is 2.92. The van der Waals surface area contributed by atoms with Gasteiger partial charge in [0, 0.05) is 10.2 Å². The van der Waals surface area contributed by atoms with Gasteiger partial charge < -0.3 is 0 Å². The number of hydrogen-bond donors (Lipinski definition) is 0. The summed E-state index contributed by atoms with van der Waals surface area (Å²) in [7, 11) is 0. The third kappa shape index (κ3) is 3.30. The van der Waals surface area contributed by atoms with Crippen LogP contribution in [0.15, 0.2) is 35.2 Å². The summed E-state index contributed by atoms with van der Waals surface area (Å²) in [6.45, 7) is 0. The number of thioether (sulfide) groups is 1. The molecule has 0 saturated carbocycles. The molecule has 0 heterocycles. The molecule has 0 aliphatic rings. The van der Waals surface area contributed by atoms with E-state index in [1.807, 2.05) is 18.2 Å². The van der Waals surface area contributed by atoms with Crippen molar-refractivity contribution in [3.63, 3.8) is 0 Å². The quantitative estimate of drug-likeness (QED) is 0.449. The van der Waals surface area contributed by atoms with E-state index in [0.717, 1.165) is 10.2 Å². The average Bonchev–Trinajstić information content (AvgIpc) is 2.17. The first-order valence-electron chi connectivity index (χ1n) is 3.82. The lowest BCUT2D eigenvalue weighted by Crippen LogP contribution is -1.76. The van der Waals surface area contributed by atoms with Crippen LogP contribution in [0.5, 0.6) is 0 Å². The van der Waals surface area contributed by atoms with Gasteiger partial charge in [0.2, 0.25) is 0 Å². The van der Waals surface area contributed by atoms with E-state index in [4.69, 9.17) is 6.42 Å². The lowest BCUT2D eigenvalue weighted by atomic mass is 10.2. The van der Waals surface area contributed by atoms with E-state index in [0.29, 0.717) is 0 Å². The van der Waals surface area contributed by atoms with Crippen LogP contribution in [0.4, 0.5) is 0 Å². The second-order valence-electron chi connectivity index (χ2n) is 2.31. The maximum Gasteiger partial charge on any atom is 0.0275 e. The van der Waals surface area contributed by atoms with E-state index in [1.54, 1.807) is 0 Å². The van der Waals surface area contributed by atoms with E-state index in [9.17, 15) is 0 Å². The fraction of sp³-hybridized carbons (Fsp3) is 0.0909. The van der Waals surface area contributed by atoms with Crippen molar-refractivity contribution in [2.45, 2.75) is 4.90 Å². The van der Waals surface area contributed by atoms with Crippen molar-refractivity contribution in [1.29, 1.82) is 0 Å². The van der Waals surface area contributed by atoms with Crippen LogP contribution in [0.1, 0.15) is 5.56 Å². The highest BCUT2D eigenvalue weighted by Crippen LogP contribution is 2.22. The molecule has 0 saturated heterocycles. The Morgan fingerprint density at radius 1 is 1.46 bits per heavy atom. The molecule has 0 aliphatic heterocycles. The van der Waals surface area contributed by atoms with Crippen molar-refractivity contribution < 1.29 is 0 Å². The van der Waals surface area contributed by atoms with Crippen LogP contribution in [0.3, 0.4) is 0 Å². The molecular weight excluding hydrogens is 244 g/mol. The molecule has 2 heteroatoms. The van der Waals surface area contributed by atoms with Crippen LogP contribution < -0.4 is 0 Å². The highest BCUT2D eigenvalue weighted by atomic mass is 79.9.